The third-order valence-corrected chi connectivity index (χ3v) is 3.41. The fourth-order valence-corrected chi connectivity index (χ4v) is 2.29. The molecule has 0 heterocycles. The Bertz CT molecular complexity index is 398. The normalized spacial score (nSPS) is 16.6. The fourth-order valence-electron chi connectivity index (χ4n) is 2.29. The Labute approximate surface area is 96.8 Å². The molecule has 2 nitrogen and oxygen atoms in total. The van der Waals surface area contributed by atoms with Crippen LogP contribution in [0.4, 0.5) is 0 Å². The number of aryl methyl sites for hydroxylation is 2. The van der Waals surface area contributed by atoms with Gasteiger partial charge in [-0.15, -0.1) is 0 Å². The summed E-state index contributed by atoms with van der Waals surface area (Å²) in [4.78, 5) is 11.9. The van der Waals surface area contributed by atoms with Gasteiger partial charge in [0.15, 0.2) is 5.78 Å². The minimum absolute atomic E-state index is 0.0795. The molecule has 1 aliphatic rings. The second kappa shape index (κ2) is 4.79. The third kappa shape index (κ3) is 2.17. The number of nitrogens with two attached hydrogens (primary N) is 1. The largest absolute Gasteiger partial charge is 0.321 e. The van der Waals surface area contributed by atoms with E-state index < -0.39 is 0 Å². The molecular formula is C14H19NO. The van der Waals surface area contributed by atoms with E-state index in [4.69, 9.17) is 5.73 Å². The van der Waals surface area contributed by atoms with Gasteiger partial charge in [0.2, 0.25) is 0 Å². The molecule has 1 aromatic rings. The predicted molar refractivity (Wildman–Crippen MR) is 65.7 cm³/mol. The van der Waals surface area contributed by atoms with Gasteiger partial charge in [-0.3, -0.25) is 4.79 Å². The molecule has 0 bridgehead atoms. The summed E-state index contributed by atoms with van der Waals surface area (Å²) in [5.41, 5.74) is 9.32. The van der Waals surface area contributed by atoms with Crippen LogP contribution in [-0.2, 0) is 12.8 Å². The monoisotopic (exact) mass is 217 g/mol. The Morgan fingerprint density at radius 1 is 1.31 bits per heavy atom. The number of benzene rings is 1. The average Bonchev–Trinajstić information content (AvgIpc) is 2.36. The zero-order valence-corrected chi connectivity index (χ0v) is 9.83. The second-order valence-electron chi connectivity index (χ2n) is 4.57. The molecule has 0 saturated heterocycles. The summed E-state index contributed by atoms with van der Waals surface area (Å²) < 4.78 is 0. The van der Waals surface area contributed by atoms with Crippen molar-refractivity contribution in [3.05, 3.63) is 34.9 Å². The van der Waals surface area contributed by atoms with E-state index in [1.54, 1.807) is 0 Å². The van der Waals surface area contributed by atoms with E-state index in [2.05, 4.69) is 6.07 Å². The summed E-state index contributed by atoms with van der Waals surface area (Å²) >= 11 is 0. The quantitative estimate of drug-likeness (QED) is 0.790. The molecule has 1 atom stereocenters. The van der Waals surface area contributed by atoms with E-state index >= 15 is 0 Å². The van der Waals surface area contributed by atoms with E-state index in [1.165, 1.54) is 24.0 Å². The van der Waals surface area contributed by atoms with Crippen LogP contribution in [0.5, 0.6) is 0 Å². The van der Waals surface area contributed by atoms with Gasteiger partial charge in [0.1, 0.15) is 0 Å². The molecule has 2 rings (SSSR count). The number of rotatable bonds is 3. The first-order chi connectivity index (χ1) is 7.72. The first-order valence-corrected chi connectivity index (χ1v) is 6.14. The number of carbonyl (C=O) groups excluding carboxylic acids is 1. The maximum absolute atomic E-state index is 11.9. The Morgan fingerprint density at radius 3 is 2.69 bits per heavy atom. The lowest BCUT2D eigenvalue weighted by atomic mass is 9.89. The molecule has 0 fully saturated rings. The topological polar surface area (TPSA) is 43.1 Å². The lowest BCUT2D eigenvalue weighted by Crippen LogP contribution is -2.29. The minimum atomic E-state index is -0.346. The van der Waals surface area contributed by atoms with Gasteiger partial charge in [-0.25, -0.2) is 0 Å². The summed E-state index contributed by atoms with van der Waals surface area (Å²) in [5, 5.41) is 0. The van der Waals surface area contributed by atoms with E-state index in [9.17, 15) is 4.79 Å². The molecule has 1 unspecified atom stereocenters. The van der Waals surface area contributed by atoms with Gasteiger partial charge in [-0.2, -0.15) is 0 Å². The number of ketones is 1. The predicted octanol–water partition coefficient (Wildman–Crippen LogP) is 2.49. The van der Waals surface area contributed by atoms with Gasteiger partial charge < -0.3 is 5.73 Å². The maximum Gasteiger partial charge on any atom is 0.179 e. The van der Waals surface area contributed by atoms with Crippen LogP contribution in [0, 0.1) is 0 Å². The van der Waals surface area contributed by atoms with Crippen molar-refractivity contribution in [3.63, 3.8) is 0 Å². The van der Waals surface area contributed by atoms with Crippen molar-refractivity contribution in [1.82, 2.24) is 0 Å². The van der Waals surface area contributed by atoms with Crippen molar-refractivity contribution in [2.24, 2.45) is 5.73 Å². The number of carbonyl (C=O) groups is 1. The van der Waals surface area contributed by atoms with Gasteiger partial charge >= 0.3 is 0 Å². The molecule has 2 N–H and O–H groups in total. The average molecular weight is 217 g/mol. The lowest BCUT2D eigenvalue weighted by molar-refractivity contribution is 0.0959. The maximum atomic E-state index is 11.9. The Balaban J connectivity index is 2.26. The van der Waals surface area contributed by atoms with Crippen LogP contribution in [0.2, 0.25) is 0 Å². The lowest BCUT2D eigenvalue weighted by Gasteiger charge is -2.17. The Morgan fingerprint density at radius 2 is 2.00 bits per heavy atom. The van der Waals surface area contributed by atoms with Crippen LogP contribution in [0.3, 0.4) is 0 Å². The standard InChI is InChI=1S/C14H19NO/c1-2-13(15)14(16)12-8-7-10-5-3-4-6-11(10)9-12/h7-9,13H,2-6,15H2,1H3. The van der Waals surface area contributed by atoms with Crippen molar-refractivity contribution in [2.45, 2.75) is 45.1 Å². The molecule has 16 heavy (non-hydrogen) atoms. The molecule has 0 aliphatic heterocycles. The Hall–Kier alpha value is -1.15. The second-order valence-corrected chi connectivity index (χ2v) is 4.57. The van der Waals surface area contributed by atoms with Crippen molar-refractivity contribution in [1.29, 1.82) is 0 Å². The van der Waals surface area contributed by atoms with Gasteiger partial charge in [0.25, 0.3) is 0 Å². The molecule has 0 saturated carbocycles. The first kappa shape index (κ1) is 11.3. The molecule has 2 heteroatoms. The minimum Gasteiger partial charge on any atom is -0.321 e. The van der Waals surface area contributed by atoms with Crippen LogP contribution in [-0.4, -0.2) is 11.8 Å². The van der Waals surface area contributed by atoms with Gasteiger partial charge in [0.05, 0.1) is 6.04 Å². The summed E-state index contributed by atoms with van der Waals surface area (Å²) in [5.74, 6) is 0.0795. The summed E-state index contributed by atoms with van der Waals surface area (Å²) in [7, 11) is 0. The number of hydrogen-bond donors (Lipinski definition) is 1. The molecule has 86 valence electrons. The van der Waals surface area contributed by atoms with Crippen LogP contribution in [0.15, 0.2) is 18.2 Å². The molecule has 0 aromatic heterocycles. The van der Waals surface area contributed by atoms with Crippen molar-refractivity contribution in [2.75, 3.05) is 0 Å². The summed E-state index contributed by atoms with van der Waals surface area (Å²) in [6.45, 7) is 1.95. The van der Waals surface area contributed by atoms with Crippen molar-refractivity contribution >= 4 is 5.78 Å². The highest BCUT2D eigenvalue weighted by atomic mass is 16.1. The van der Waals surface area contributed by atoms with E-state index in [1.807, 2.05) is 19.1 Å². The Kier molecular flexibility index (Phi) is 3.39. The number of Topliss-reactive ketones (excluding diaryl/α,β-unsaturated/α-hetero) is 1. The zero-order chi connectivity index (χ0) is 11.5. The smallest absolute Gasteiger partial charge is 0.179 e. The van der Waals surface area contributed by atoms with Gasteiger partial charge in [-0.1, -0.05) is 19.1 Å². The van der Waals surface area contributed by atoms with Crippen LogP contribution in [0.25, 0.3) is 0 Å². The third-order valence-electron chi connectivity index (χ3n) is 3.41. The van der Waals surface area contributed by atoms with Crippen LogP contribution < -0.4 is 5.73 Å². The summed E-state index contributed by atoms with van der Waals surface area (Å²) in [6, 6.07) is 5.74. The first-order valence-electron chi connectivity index (χ1n) is 6.14. The van der Waals surface area contributed by atoms with E-state index in [0.29, 0.717) is 6.42 Å². The highest BCUT2D eigenvalue weighted by Crippen LogP contribution is 2.22. The fraction of sp³-hybridized carbons (Fsp3) is 0.500. The molecule has 1 aliphatic carbocycles. The molecular weight excluding hydrogens is 198 g/mol. The summed E-state index contributed by atoms with van der Waals surface area (Å²) in [6.07, 6.45) is 5.48. The highest BCUT2D eigenvalue weighted by molar-refractivity contribution is 6.00. The van der Waals surface area contributed by atoms with Crippen LogP contribution >= 0.6 is 0 Å². The van der Waals surface area contributed by atoms with Crippen molar-refractivity contribution < 1.29 is 4.79 Å². The molecule has 0 radical (unpaired) electrons. The van der Waals surface area contributed by atoms with Crippen molar-refractivity contribution in [3.8, 4) is 0 Å². The molecule has 0 amide bonds. The SMILES string of the molecule is CCC(N)C(=O)c1ccc2c(c1)CCCC2. The molecule has 1 aromatic carbocycles. The van der Waals surface area contributed by atoms with E-state index in [-0.39, 0.29) is 11.8 Å². The highest BCUT2D eigenvalue weighted by Gasteiger charge is 2.16. The van der Waals surface area contributed by atoms with Crippen LogP contribution in [0.1, 0.15) is 47.7 Å². The number of hydrogen-bond acceptors (Lipinski definition) is 2. The number of fused-ring (bicyclic) bond motifs is 1. The molecule has 0 spiro atoms. The zero-order valence-electron chi connectivity index (χ0n) is 9.83. The van der Waals surface area contributed by atoms with Gasteiger partial charge in [-0.05, 0) is 49.3 Å². The van der Waals surface area contributed by atoms with E-state index in [0.717, 1.165) is 18.4 Å². The van der Waals surface area contributed by atoms with Gasteiger partial charge in [0, 0.05) is 5.56 Å².